The molecule has 0 radical (unpaired) electrons. The van der Waals surface area contributed by atoms with Gasteiger partial charge in [-0.1, -0.05) is 12.1 Å². The number of nitrogens with zero attached hydrogens (tertiary/aromatic N) is 2. The van der Waals surface area contributed by atoms with Gasteiger partial charge in [0.05, 0.1) is 31.2 Å². The number of aliphatic hydroxyl groups is 1. The van der Waals surface area contributed by atoms with Crippen LogP contribution in [0.5, 0.6) is 11.5 Å². The number of ether oxygens (including phenoxy) is 2. The van der Waals surface area contributed by atoms with E-state index in [1.54, 1.807) is 23.6 Å². The van der Waals surface area contributed by atoms with E-state index >= 15 is 0 Å². The fraction of sp³-hybridized carbons (Fsp3) is 0.227. The summed E-state index contributed by atoms with van der Waals surface area (Å²) in [6.07, 6.45) is 1.48. The highest BCUT2D eigenvalue weighted by atomic mass is 32.1. The molecule has 0 bridgehead atoms. The number of rotatable bonds is 9. The lowest BCUT2D eigenvalue weighted by atomic mass is 10.2. The molecule has 0 aliphatic rings. The third-order valence-corrected chi connectivity index (χ3v) is 5.51. The lowest BCUT2D eigenvalue weighted by Crippen LogP contribution is -2.36. The quantitative estimate of drug-likeness (QED) is 0.379. The Morgan fingerprint density at radius 2 is 2.09 bits per heavy atom. The van der Waals surface area contributed by atoms with Crippen LogP contribution in [-0.4, -0.2) is 62.1 Å². The Labute approximate surface area is 187 Å². The molecule has 168 valence electrons. The molecule has 0 spiro atoms. The molecule has 8 nitrogen and oxygen atoms in total. The number of nitrogens with one attached hydrogen (secondary N) is 1. The maximum Gasteiger partial charge on any atom is 0.261 e. The molecule has 2 aromatic carbocycles. The minimum atomic E-state index is -0.470. The van der Waals surface area contributed by atoms with Crippen molar-refractivity contribution in [1.82, 2.24) is 10.3 Å². The van der Waals surface area contributed by atoms with Crippen LogP contribution in [-0.2, 0) is 4.79 Å². The van der Waals surface area contributed by atoms with Crippen LogP contribution in [0.25, 0.3) is 10.1 Å². The van der Waals surface area contributed by atoms with Crippen molar-refractivity contribution in [2.24, 2.45) is 5.10 Å². The van der Waals surface area contributed by atoms with Crippen molar-refractivity contribution in [3.8, 4) is 11.5 Å². The van der Waals surface area contributed by atoms with Gasteiger partial charge in [0.1, 0.15) is 12.4 Å². The van der Waals surface area contributed by atoms with Crippen LogP contribution in [0.2, 0.25) is 0 Å². The number of halogens is 1. The minimum Gasteiger partial charge on any atom is -0.493 e. The third kappa shape index (κ3) is 5.40. The highest BCUT2D eigenvalue weighted by Gasteiger charge is 2.14. The molecule has 3 rings (SSSR count). The molecule has 2 amide bonds. The zero-order chi connectivity index (χ0) is 23.1. The summed E-state index contributed by atoms with van der Waals surface area (Å²) in [5, 5.41) is 19.1. The summed E-state index contributed by atoms with van der Waals surface area (Å²) in [5.41, 5.74) is 0.979. The Bertz CT molecular complexity index is 1150. The van der Waals surface area contributed by atoms with Crippen LogP contribution < -0.4 is 14.8 Å². The van der Waals surface area contributed by atoms with E-state index in [-0.39, 0.29) is 31.1 Å². The molecule has 0 saturated heterocycles. The van der Waals surface area contributed by atoms with Gasteiger partial charge in [-0.25, -0.2) is 9.40 Å². The van der Waals surface area contributed by atoms with E-state index in [4.69, 9.17) is 14.6 Å². The average molecular weight is 459 g/mol. The van der Waals surface area contributed by atoms with Gasteiger partial charge in [-0.3, -0.25) is 9.59 Å². The maximum atomic E-state index is 13.8. The molecule has 10 heteroatoms. The smallest absolute Gasteiger partial charge is 0.261 e. The van der Waals surface area contributed by atoms with Gasteiger partial charge in [0.2, 0.25) is 0 Å². The van der Waals surface area contributed by atoms with Gasteiger partial charge in [0, 0.05) is 28.9 Å². The van der Waals surface area contributed by atoms with E-state index in [1.807, 2.05) is 0 Å². The van der Waals surface area contributed by atoms with Crippen LogP contribution in [0.15, 0.2) is 46.9 Å². The van der Waals surface area contributed by atoms with Crippen LogP contribution in [0, 0.1) is 5.82 Å². The number of methoxy groups -OCH3 is 1. The van der Waals surface area contributed by atoms with Gasteiger partial charge < -0.3 is 19.9 Å². The fourth-order valence-corrected chi connectivity index (χ4v) is 3.74. The van der Waals surface area contributed by atoms with Crippen LogP contribution in [0.3, 0.4) is 0 Å². The van der Waals surface area contributed by atoms with Crippen LogP contribution in [0.4, 0.5) is 4.39 Å². The standard InChI is InChI=1S/C22H22FN3O5S/c1-26(25-11-15-13-32-21-16(15)4-3-5-17(21)23)20(28)12-24-22(29)14-6-7-18(31-9-8-27)19(10-14)30-2/h3-7,10-11,13,27H,8-9,12H2,1-2H3,(H,24,29). The van der Waals surface area contributed by atoms with Crippen molar-refractivity contribution in [3.05, 3.63) is 58.7 Å². The average Bonchev–Trinajstić information content (AvgIpc) is 3.23. The number of hydrazone groups is 1. The number of aliphatic hydroxyl groups excluding tert-OH is 1. The zero-order valence-corrected chi connectivity index (χ0v) is 18.3. The highest BCUT2D eigenvalue weighted by molar-refractivity contribution is 7.17. The first-order valence-corrected chi connectivity index (χ1v) is 10.5. The van der Waals surface area contributed by atoms with E-state index in [1.165, 1.54) is 49.9 Å². The van der Waals surface area contributed by atoms with Gasteiger partial charge in [0.25, 0.3) is 11.8 Å². The number of fused-ring (bicyclic) bond motifs is 1. The Hall–Kier alpha value is -3.50. The second-order valence-electron chi connectivity index (χ2n) is 6.59. The Morgan fingerprint density at radius 1 is 1.28 bits per heavy atom. The third-order valence-electron chi connectivity index (χ3n) is 4.49. The van der Waals surface area contributed by atoms with Crippen molar-refractivity contribution in [3.63, 3.8) is 0 Å². The molecule has 0 fully saturated rings. The monoisotopic (exact) mass is 459 g/mol. The highest BCUT2D eigenvalue weighted by Crippen LogP contribution is 2.28. The number of benzene rings is 2. The summed E-state index contributed by atoms with van der Waals surface area (Å²) >= 11 is 1.26. The topological polar surface area (TPSA) is 100 Å². The van der Waals surface area contributed by atoms with Gasteiger partial charge in [-0.15, -0.1) is 11.3 Å². The van der Waals surface area contributed by atoms with Crippen LogP contribution >= 0.6 is 11.3 Å². The lowest BCUT2D eigenvalue weighted by Gasteiger charge is -2.13. The molecule has 3 aromatic rings. The largest absolute Gasteiger partial charge is 0.493 e. The predicted octanol–water partition coefficient (Wildman–Crippen LogP) is 2.64. The SMILES string of the molecule is COc1cc(C(=O)NCC(=O)N(C)N=Cc2csc3c(F)cccc23)ccc1OCCO. The summed E-state index contributed by atoms with van der Waals surface area (Å²) in [5.74, 6) is -0.483. The lowest BCUT2D eigenvalue weighted by molar-refractivity contribution is -0.128. The van der Waals surface area contributed by atoms with E-state index < -0.39 is 11.8 Å². The minimum absolute atomic E-state index is 0.0966. The molecular weight excluding hydrogens is 437 g/mol. The molecule has 1 aromatic heterocycles. The van der Waals surface area contributed by atoms with E-state index in [0.29, 0.717) is 27.1 Å². The molecule has 0 aliphatic carbocycles. The molecule has 0 unspecified atom stereocenters. The van der Waals surface area contributed by atoms with E-state index in [0.717, 1.165) is 5.01 Å². The van der Waals surface area contributed by atoms with E-state index in [9.17, 15) is 14.0 Å². The number of carbonyl (C=O) groups is 2. The zero-order valence-electron chi connectivity index (χ0n) is 17.5. The van der Waals surface area contributed by atoms with Gasteiger partial charge >= 0.3 is 0 Å². The molecule has 0 atom stereocenters. The Balaban J connectivity index is 1.59. The summed E-state index contributed by atoms with van der Waals surface area (Å²) in [7, 11) is 2.90. The van der Waals surface area contributed by atoms with Crippen molar-refractivity contribution >= 4 is 39.5 Å². The van der Waals surface area contributed by atoms with Gasteiger partial charge in [-0.2, -0.15) is 5.10 Å². The molecule has 2 N–H and O–H groups in total. The number of hydrogen-bond acceptors (Lipinski definition) is 7. The molecular formula is C22H22FN3O5S. The van der Waals surface area contributed by atoms with Crippen molar-refractivity contribution < 1.29 is 28.6 Å². The molecule has 0 saturated carbocycles. The van der Waals surface area contributed by atoms with Gasteiger partial charge in [-0.05, 0) is 24.3 Å². The summed E-state index contributed by atoms with van der Waals surface area (Å²) < 4.78 is 24.9. The first-order valence-electron chi connectivity index (χ1n) is 9.60. The number of carbonyl (C=O) groups excluding carboxylic acids is 2. The van der Waals surface area contributed by atoms with Crippen molar-refractivity contribution in [1.29, 1.82) is 0 Å². The second kappa shape index (κ2) is 10.7. The maximum absolute atomic E-state index is 13.8. The fourth-order valence-electron chi connectivity index (χ4n) is 2.81. The number of amides is 2. The molecule has 32 heavy (non-hydrogen) atoms. The molecule has 1 heterocycles. The summed E-state index contributed by atoms with van der Waals surface area (Å²) in [6, 6.07) is 9.35. The first-order chi connectivity index (χ1) is 15.4. The summed E-state index contributed by atoms with van der Waals surface area (Å²) in [4.78, 5) is 24.7. The summed E-state index contributed by atoms with van der Waals surface area (Å²) in [6.45, 7) is -0.320. The van der Waals surface area contributed by atoms with Crippen molar-refractivity contribution in [2.45, 2.75) is 0 Å². The van der Waals surface area contributed by atoms with Crippen molar-refractivity contribution in [2.75, 3.05) is 33.9 Å². The first kappa shape index (κ1) is 23.2. The Kier molecular flexibility index (Phi) is 7.74. The number of likely N-dealkylation sites (N-methyl/N-ethyl adjacent to an activating group) is 1. The number of hydrogen-bond donors (Lipinski definition) is 2. The number of thiophene rings is 1. The van der Waals surface area contributed by atoms with E-state index in [2.05, 4.69) is 10.4 Å². The second-order valence-corrected chi connectivity index (χ2v) is 7.47. The van der Waals surface area contributed by atoms with Gasteiger partial charge in [0.15, 0.2) is 11.5 Å². The molecule has 0 aliphatic heterocycles. The normalized spacial score (nSPS) is 11.0. The van der Waals surface area contributed by atoms with Crippen LogP contribution in [0.1, 0.15) is 15.9 Å². The Morgan fingerprint density at radius 3 is 2.84 bits per heavy atom. The predicted molar refractivity (Wildman–Crippen MR) is 120 cm³/mol.